The standard InChI is InChI=1S/C42H51ClN8O5/c1-41(2)39(42(3,4)40(41)56-32-10-7-29(25-44)33(43)24-32)47-37(54)28-5-8-30(9-6-28)49-17-14-27(15-18-49)13-16-48-19-21-50(22-20-48)31-23-36(53)51(45-26-31)34-11-12-35(52)46-38(34)55/h5-10,23-24,26-27,34,39-40H,11-22H2,1-4H3,(H,47,54)(H,46,52,55). The smallest absolute Gasteiger partial charge is 0.269 e. The maximum Gasteiger partial charge on any atom is 0.269 e. The number of ether oxygens (including phenoxy) is 1. The number of hydrogen-bond acceptors (Lipinski definition) is 10. The summed E-state index contributed by atoms with van der Waals surface area (Å²) in [7, 11) is 0. The zero-order valence-electron chi connectivity index (χ0n) is 32.6. The fourth-order valence-electron chi connectivity index (χ4n) is 9.44. The van der Waals surface area contributed by atoms with Crippen molar-refractivity contribution in [1.29, 1.82) is 5.26 Å². The molecule has 1 saturated carbocycles. The number of benzene rings is 2. The molecule has 4 fully saturated rings. The molecule has 3 aliphatic heterocycles. The Labute approximate surface area is 332 Å². The average Bonchev–Trinajstić information content (AvgIpc) is 3.18. The third-order valence-electron chi connectivity index (χ3n) is 12.4. The Morgan fingerprint density at radius 3 is 2.23 bits per heavy atom. The number of aromatic nitrogens is 2. The van der Waals surface area contributed by atoms with E-state index in [1.807, 2.05) is 12.1 Å². The van der Waals surface area contributed by atoms with E-state index in [1.54, 1.807) is 30.5 Å². The Kier molecular flexibility index (Phi) is 11.2. The van der Waals surface area contributed by atoms with Crippen molar-refractivity contribution >= 4 is 40.7 Å². The van der Waals surface area contributed by atoms with E-state index < -0.39 is 11.9 Å². The van der Waals surface area contributed by atoms with E-state index in [2.05, 4.69) is 76.3 Å². The number of hydrogen-bond donors (Lipinski definition) is 2. The van der Waals surface area contributed by atoms with Gasteiger partial charge in [0, 0.05) is 85.9 Å². The van der Waals surface area contributed by atoms with Gasteiger partial charge in [-0.2, -0.15) is 10.4 Å². The molecule has 14 heteroatoms. The summed E-state index contributed by atoms with van der Waals surface area (Å²) in [5.41, 5.74) is 1.92. The number of anilines is 2. The minimum atomic E-state index is -0.754. The molecule has 2 aromatic carbocycles. The lowest BCUT2D eigenvalue weighted by molar-refractivity contribution is -0.164. The van der Waals surface area contributed by atoms with Crippen LogP contribution in [0.15, 0.2) is 59.5 Å². The first-order chi connectivity index (χ1) is 26.7. The van der Waals surface area contributed by atoms with E-state index in [4.69, 9.17) is 16.3 Å². The molecule has 3 aromatic rings. The SMILES string of the molecule is CC1(C)C(NC(=O)c2ccc(N3CCC(CCN4CCN(c5cnn(C6CCC(=O)NC6=O)c(=O)c5)CC4)CC3)cc2)C(C)(C)C1Oc1ccc(C#N)c(Cl)c1. The number of amides is 3. The quantitative estimate of drug-likeness (QED) is 0.275. The van der Waals surface area contributed by atoms with E-state index in [9.17, 15) is 24.4 Å². The van der Waals surface area contributed by atoms with Gasteiger partial charge in [0.15, 0.2) is 0 Å². The molecule has 2 N–H and O–H groups in total. The zero-order valence-corrected chi connectivity index (χ0v) is 33.3. The highest BCUT2D eigenvalue weighted by molar-refractivity contribution is 6.31. The number of carbonyl (C=O) groups excluding carboxylic acids is 3. The maximum absolute atomic E-state index is 13.5. The number of carbonyl (C=O) groups is 3. The molecule has 7 rings (SSSR count). The van der Waals surface area contributed by atoms with Crippen molar-refractivity contribution in [2.75, 3.05) is 55.6 Å². The Balaban J connectivity index is 0.835. The van der Waals surface area contributed by atoms with Crippen molar-refractivity contribution in [2.24, 2.45) is 16.7 Å². The lowest BCUT2D eigenvalue weighted by Crippen LogP contribution is -2.74. The van der Waals surface area contributed by atoms with Crippen LogP contribution in [0.2, 0.25) is 5.02 Å². The van der Waals surface area contributed by atoms with Crippen LogP contribution in [-0.2, 0) is 9.59 Å². The fraction of sp³-hybridized carbons (Fsp3) is 0.524. The van der Waals surface area contributed by atoms with Gasteiger partial charge in [0.1, 0.15) is 24.0 Å². The normalized spacial score (nSPS) is 23.8. The third-order valence-corrected chi connectivity index (χ3v) is 12.8. The van der Waals surface area contributed by atoms with Crippen LogP contribution in [0.4, 0.5) is 11.4 Å². The van der Waals surface area contributed by atoms with Gasteiger partial charge >= 0.3 is 0 Å². The van der Waals surface area contributed by atoms with Gasteiger partial charge in [-0.15, -0.1) is 0 Å². The molecule has 13 nitrogen and oxygen atoms in total. The number of rotatable bonds is 10. The number of piperidine rings is 2. The fourth-order valence-corrected chi connectivity index (χ4v) is 9.65. The van der Waals surface area contributed by atoms with E-state index in [-0.39, 0.29) is 53.2 Å². The Morgan fingerprint density at radius 1 is 0.929 bits per heavy atom. The second-order valence-electron chi connectivity index (χ2n) is 16.9. The molecule has 296 valence electrons. The first-order valence-electron chi connectivity index (χ1n) is 19.7. The summed E-state index contributed by atoms with van der Waals surface area (Å²) in [6, 6.07) is 15.8. The highest BCUT2D eigenvalue weighted by Gasteiger charge is 2.64. The molecule has 3 amide bonds. The predicted octanol–water partition coefficient (Wildman–Crippen LogP) is 4.79. The predicted molar refractivity (Wildman–Crippen MR) is 214 cm³/mol. The topological polar surface area (TPSA) is 153 Å². The van der Waals surface area contributed by atoms with Crippen molar-refractivity contribution in [1.82, 2.24) is 25.3 Å². The Bertz CT molecular complexity index is 2050. The van der Waals surface area contributed by atoms with Crippen LogP contribution in [0, 0.1) is 28.1 Å². The summed E-state index contributed by atoms with van der Waals surface area (Å²) < 4.78 is 7.56. The largest absolute Gasteiger partial charge is 0.489 e. The van der Waals surface area contributed by atoms with Gasteiger partial charge in [-0.05, 0) is 74.5 Å². The van der Waals surface area contributed by atoms with Gasteiger partial charge in [-0.1, -0.05) is 39.3 Å². The van der Waals surface area contributed by atoms with Crippen LogP contribution in [-0.4, -0.2) is 90.4 Å². The summed E-state index contributed by atoms with van der Waals surface area (Å²) in [5, 5.41) is 19.4. The Hall–Kier alpha value is -4.93. The molecule has 1 unspecified atom stereocenters. The second kappa shape index (κ2) is 15.9. The second-order valence-corrected chi connectivity index (χ2v) is 17.3. The van der Waals surface area contributed by atoms with Crippen LogP contribution >= 0.6 is 11.6 Å². The zero-order chi connectivity index (χ0) is 39.8. The molecule has 0 bridgehead atoms. The average molecular weight is 783 g/mol. The van der Waals surface area contributed by atoms with E-state index >= 15 is 0 Å². The maximum atomic E-state index is 13.5. The molecule has 3 saturated heterocycles. The molecule has 4 aliphatic rings. The van der Waals surface area contributed by atoms with E-state index in [0.29, 0.717) is 27.8 Å². The third kappa shape index (κ3) is 8.00. The number of piperazine rings is 1. The molecule has 56 heavy (non-hydrogen) atoms. The lowest BCUT2D eigenvalue weighted by Gasteiger charge is -2.63. The highest BCUT2D eigenvalue weighted by atomic mass is 35.5. The lowest BCUT2D eigenvalue weighted by atomic mass is 9.49. The number of nitriles is 1. The molecule has 0 spiro atoms. The summed E-state index contributed by atoms with van der Waals surface area (Å²) in [6.07, 6.45) is 5.36. The molecule has 1 aromatic heterocycles. The van der Waals surface area contributed by atoms with Crippen molar-refractivity contribution in [3.63, 3.8) is 0 Å². The first kappa shape index (κ1) is 39.3. The van der Waals surface area contributed by atoms with Crippen LogP contribution in [0.25, 0.3) is 0 Å². The number of imide groups is 1. The Morgan fingerprint density at radius 2 is 1.61 bits per heavy atom. The van der Waals surface area contributed by atoms with Crippen LogP contribution < -0.4 is 30.7 Å². The van der Waals surface area contributed by atoms with Crippen LogP contribution in [0.5, 0.6) is 5.75 Å². The monoisotopic (exact) mass is 782 g/mol. The van der Waals surface area contributed by atoms with Gasteiger partial charge in [0.25, 0.3) is 17.4 Å². The highest BCUT2D eigenvalue weighted by Crippen LogP contribution is 2.55. The van der Waals surface area contributed by atoms with Crippen molar-refractivity contribution < 1.29 is 19.1 Å². The summed E-state index contributed by atoms with van der Waals surface area (Å²) >= 11 is 6.25. The van der Waals surface area contributed by atoms with Gasteiger partial charge < -0.3 is 19.9 Å². The minimum absolute atomic E-state index is 0.101. The van der Waals surface area contributed by atoms with E-state index in [1.165, 1.54) is 4.68 Å². The number of halogens is 1. The van der Waals surface area contributed by atoms with Crippen molar-refractivity contribution in [3.8, 4) is 11.8 Å². The van der Waals surface area contributed by atoms with E-state index in [0.717, 1.165) is 76.5 Å². The van der Waals surface area contributed by atoms with Crippen molar-refractivity contribution in [2.45, 2.75) is 78.0 Å². The molecule has 0 radical (unpaired) electrons. The molecule has 1 atom stereocenters. The summed E-state index contributed by atoms with van der Waals surface area (Å²) in [6.45, 7) is 14.8. The molecular weight excluding hydrogens is 732 g/mol. The molecule has 4 heterocycles. The van der Waals surface area contributed by atoms with Crippen LogP contribution in [0.3, 0.4) is 0 Å². The van der Waals surface area contributed by atoms with Crippen LogP contribution in [0.1, 0.15) is 81.8 Å². The van der Waals surface area contributed by atoms with Gasteiger partial charge in [0.2, 0.25) is 5.91 Å². The van der Waals surface area contributed by atoms with Gasteiger partial charge in [-0.3, -0.25) is 29.4 Å². The van der Waals surface area contributed by atoms with Gasteiger partial charge in [0.05, 0.1) is 22.5 Å². The number of nitrogens with zero attached hydrogens (tertiary/aromatic N) is 6. The molecule has 1 aliphatic carbocycles. The molecular formula is C42H51ClN8O5. The number of nitrogens with one attached hydrogen (secondary N) is 2. The first-order valence-corrected chi connectivity index (χ1v) is 20.0. The minimum Gasteiger partial charge on any atom is -0.489 e. The van der Waals surface area contributed by atoms with Gasteiger partial charge in [-0.25, -0.2) is 4.68 Å². The van der Waals surface area contributed by atoms with Crippen molar-refractivity contribution in [3.05, 3.63) is 81.2 Å². The summed E-state index contributed by atoms with van der Waals surface area (Å²) in [5.74, 6) is 0.366. The summed E-state index contributed by atoms with van der Waals surface area (Å²) in [4.78, 5) is 57.1.